The maximum absolute atomic E-state index is 13.3. The lowest BCUT2D eigenvalue weighted by Gasteiger charge is -2.24. The van der Waals surface area contributed by atoms with Crippen molar-refractivity contribution in [1.82, 2.24) is 4.98 Å². The van der Waals surface area contributed by atoms with Crippen molar-refractivity contribution in [3.63, 3.8) is 0 Å². The van der Waals surface area contributed by atoms with Crippen molar-refractivity contribution in [2.75, 3.05) is 12.0 Å². The summed E-state index contributed by atoms with van der Waals surface area (Å²) >= 11 is 2.47. The van der Waals surface area contributed by atoms with Crippen molar-refractivity contribution in [2.45, 2.75) is 6.04 Å². The number of ketones is 1. The minimum Gasteiger partial charge on any atom is -0.508 e. The molecule has 0 saturated carbocycles. The topological polar surface area (TPSA) is 100.0 Å². The van der Waals surface area contributed by atoms with Crippen LogP contribution >= 0.6 is 22.7 Å². The molecule has 0 radical (unpaired) electrons. The van der Waals surface area contributed by atoms with Gasteiger partial charge in [0.25, 0.3) is 5.91 Å². The Morgan fingerprint density at radius 2 is 1.97 bits per heavy atom. The number of nitrogens with zero attached hydrogens (tertiary/aromatic N) is 2. The molecule has 0 saturated heterocycles. The maximum atomic E-state index is 13.3. The second kappa shape index (κ2) is 7.77. The summed E-state index contributed by atoms with van der Waals surface area (Å²) in [5.74, 6) is -1.14. The Bertz CT molecular complexity index is 1390. The number of carbonyl (C=O) groups excluding carboxylic acids is 2. The van der Waals surface area contributed by atoms with E-state index in [1.54, 1.807) is 48.9 Å². The van der Waals surface area contributed by atoms with Crippen LogP contribution in [0.2, 0.25) is 0 Å². The minimum atomic E-state index is -0.938. The highest BCUT2D eigenvalue weighted by Crippen LogP contribution is 2.45. The van der Waals surface area contributed by atoms with Gasteiger partial charge in [0.05, 0.1) is 33.8 Å². The lowest BCUT2D eigenvalue weighted by molar-refractivity contribution is -0.117. The van der Waals surface area contributed by atoms with Crippen molar-refractivity contribution in [3.8, 4) is 11.5 Å². The van der Waals surface area contributed by atoms with E-state index in [9.17, 15) is 19.8 Å². The fraction of sp³-hybridized carbons (Fsp3) is 0.0870. The van der Waals surface area contributed by atoms with Crippen LogP contribution in [0.3, 0.4) is 0 Å². The first-order valence-electron chi connectivity index (χ1n) is 9.56. The number of aromatic hydroxyl groups is 1. The van der Waals surface area contributed by atoms with Gasteiger partial charge in [-0.1, -0.05) is 29.5 Å². The summed E-state index contributed by atoms with van der Waals surface area (Å²) in [5.41, 5.74) is 1.10. The first-order valence-corrected chi connectivity index (χ1v) is 11.3. The Morgan fingerprint density at radius 1 is 1.12 bits per heavy atom. The van der Waals surface area contributed by atoms with Gasteiger partial charge >= 0.3 is 0 Å². The highest BCUT2D eigenvalue weighted by molar-refractivity contribution is 7.22. The zero-order chi connectivity index (χ0) is 22.4. The Balaban J connectivity index is 1.68. The van der Waals surface area contributed by atoms with Gasteiger partial charge in [0, 0.05) is 0 Å². The number of thiazole rings is 1. The Labute approximate surface area is 190 Å². The highest BCUT2D eigenvalue weighted by Gasteiger charge is 2.46. The van der Waals surface area contributed by atoms with Crippen LogP contribution in [-0.4, -0.2) is 34.0 Å². The number of fused-ring (bicyclic) bond motifs is 1. The number of benzene rings is 2. The third-order valence-corrected chi connectivity index (χ3v) is 7.06. The Hall–Kier alpha value is -3.69. The number of methoxy groups -OCH3 is 1. The molecule has 2 aromatic carbocycles. The maximum Gasteiger partial charge on any atom is 0.296 e. The predicted molar refractivity (Wildman–Crippen MR) is 123 cm³/mol. The van der Waals surface area contributed by atoms with Crippen LogP contribution in [0.25, 0.3) is 10.2 Å². The van der Waals surface area contributed by atoms with E-state index in [-0.39, 0.29) is 11.3 Å². The number of thiophene rings is 1. The molecule has 0 bridgehead atoms. The van der Waals surface area contributed by atoms with Crippen LogP contribution in [0.1, 0.15) is 21.3 Å². The first kappa shape index (κ1) is 20.2. The van der Waals surface area contributed by atoms with Gasteiger partial charge in [-0.15, -0.1) is 11.3 Å². The highest BCUT2D eigenvalue weighted by atomic mass is 32.1. The van der Waals surface area contributed by atoms with Crippen LogP contribution in [0.4, 0.5) is 5.13 Å². The second-order valence-corrected chi connectivity index (χ2v) is 9.03. The van der Waals surface area contributed by atoms with Gasteiger partial charge in [0.2, 0.25) is 5.78 Å². The quantitative estimate of drug-likeness (QED) is 0.410. The van der Waals surface area contributed by atoms with Gasteiger partial charge in [-0.2, -0.15) is 0 Å². The van der Waals surface area contributed by atoms with Gasteiger partial charge in [-0.05, 0) is 47.3 Å². The van der Waals surface area contributed by atoms with E-state index in [4.69, 9.17) is 4.74 Å². The molecule has 5 rings (SSSR count). The van der Waals surface area contributed by atoms with E-state index in [0.29, 0.717) is 26.8 Å². The Kier molecular flexibility index (Phi) is 4.91. The van der Waals surface area contributed by atoms with Crippen molar-refractivity contribution < 1.29 is 24.5 Å². The summed E-state index contributed by atoms with van der Waals surface area (Å²) in [6.45, 7) is 0. The largest absolute Gasteiger partial charge is 0.508 e. The number of hydrogen-bond donors (Lipinski definition) is 2. The summed E-state index contributed by atoms with van der Waals surface area (Å²) in [6, 6.07) is 14.1. The fourth-order valence-corrected chi connectivity index (χ4v) is 5.41. The third kappa shape index (κ3) is 3.22. The number of aliphatic hydroxyl groups is 1. The van der Waals surface area contributed by atoms with E-state index < -0.39 is 23.5 Å². The monoisotopic (exact) mass is 464 g/mol. The van der Waals surface area contributed by atoms with Crippen molar-refractivity contribution in [3.05, 3.63) is 81.8 Å². The fourth-order valence-electron chi connectivity index (χ4n) is 3.71. The van der Waals surface area contributed by atoms with Crippen LogP contribution in [0, 0.1) is 0 Å². The molecule has 1 aliphatic heterocycles. The van der Waals surface area contributed by atoms with Gasteiger partial charge in [0.1, 0.15) is 11.5 Å². The molecule has 0 spiro atoms. The summed E-state index contributed by atoms with van der Waals surface area (Å²) in [7, 11) is 1.56. The number of hydrogen-bond acceptors (Lipinski definition) is 8. The van der Waals surface area contributed by atoms with E-state index >= 15 is 0 Å². The number of phenols is 1. The standard InChI is InChI=1S/C23H16N2O5S2/c1-30-14-7-8-15-17(11-14)32-23(24-15)25-19(12-4-2-5-13(26)10-12)18(21(28)22(25)29)20(27)16-6-3-9-31-16/h2-11,19,26,28H,1H3. The van der Waals surface area contributed by atoms with E-state index in [0.717, 1.165) is 4.70 Å². The van der Waals surface area contributed by atoms with Crippen molar-refractivity contribution in [2.24, 2.45) is 0 Å². The SMILES string of the molecule is COc1ccc2nc(N3C(=O)C(O)=C(C(=O)c4cccs4)C3c3cccc(O)c3)sc2c1. The zero-order valence-corrected chi connectivity index (χ0v) is 18.3. The normalized spacial score (nSPS) is 16.2. The zero-order valence-electron chi connectivity index (χ0n) is 16.7. The summed E-state index contributed by atoms with van der Waals surface area (Å²) in [6.07, 6.45) is 0. The molecule has 2 aromatic heterocycles. The number of anilines is 1. The van der Waals surface area contributed by atoms with E-state index in [2.05, 4.69) is 4.98 Å². The predicted octanol–water partition coefficient (Wildman–Crippen LogP) is 4.85. The van der Waals surface area contributed by atoms with Crippen LogP contribution in [0.15, 0.2) is 71.3 Å². The molecule has 0 aliphatic carbocycles. The van der Waals surface area contributed by atoms with Gasteiger partial charge in [-0.3, -0.25) is 14.5 Å². The van der Waals surface area contributed by atoms with Gasteiger partial charge in [-0.25, -0.2) is 4.98 Å². The number of Topliss-reactive ketones (excluding diaryl/α,β-unsaturated/α-hetero) is 1. The summed E-state index contributed by atoms with van der Waals surface area (Å²) in [4.78, 5) is 32.8. The van der Waals surface area contributed by atoms with Gasteiger partial charge < -0.3 is 14.9 Å². The molecule has 0 fully saturated rings. The number of phenolic OH excluding ortho intramolecular Hbond substituents is 1. The lowest BCUT2D eigenvalue weighted by atomic mass is 9.95. The molecular formula is C23H16N2O5S2. The molecular weight excluding hydrogens is 448 g/mol. The number of aliphatic hydroxyl groups excluding tert-OH is 1. The summed E-state index contributed by atoms with van der Waals surface area (Å²) < 4.78 is 6.06. The summed E-state index contributed by atoms with van der Waals surface area (Å²) in [5, 5.41) is 22.9. The van der Waals surface area contributed by atoms with Crippen LogP contribution in [-0.2, 0) is 4.79 Å². The molecule has 2 N–H and O–H groups in total. The van der Waals surface area contributed by atoms with E-state index in [1.807, 2.05) is 6.07 Å². The molecule has 1 amide bonds. The van der Waals surface area contributed by atoms with Crippen molar-refractivity contribution in [1.29, 1.82) is 0 Å². The first-order chi connectivity index (χ1) is 15.5. The number of aromatic nitrogens is 1. The Morgan fingerprint density at radius 3 is 2.69 bits per heavy atom. The molecule has 9 heteroatoms. The lowest BCUT2D eigenvalue weighted by Crippen LogP contribution is -2.30. The molecule has 4 aromatic rings. The number of ether oxygens (including phenoxy) is 1. The molecule has 160 valence electrons. The third-order valence-electron chi connectivity index (χ3n) is 5.17. The molecule has 3 heterocycles. The average Bonchev–Trinajstić information content (AvgIpc) is 3.51. The van der Waals surface area contributed by atoms with Gasteiger partial charge in [0.15, 0.2) is 10.9 Å². The van der Waals surface area contributed by atoms with E-state index in [1.165, 1.54) is 39.7 Å². The van der Waals surface area contributed by atoms with Crippen LogP contribution < -0.4 is 9.64 Å². The minimum absolute atomic E-state index is 0.0155. The molecule has 1 atom stereocenters. The van der Waals surface area contributed by atoms with Crippen LogP contribution in [0.5, 0.6) is 11.5 Å². The molecule has 1 aliphatic rings. The smallest absolute Gasteiger partial charge is 0.296 e. The average molecular weight is 465 g/mol. The second-order valence-electron chi connectivity index (χ2n) is 7.07. The molecule has 32 heavy (non-hydrogen) atoms. The number of rotatable bonds is 5. The number of carbonyl (C=O) groups is 2. The van der Waals surface area contributed by atoms with Crippen molar-refractivity contribution >= 4 is 49.7 Å². The number of amides is 1. The molecule has 1 unspecified atom stereocenters. The molecule has 7 nitrogen and oxygen atoms in total.